The Morgan fingerprint density at radius 2 is 1.81 bits per heavy atom. The maximum atomic E-state index is 13.0. The highest BCUT2D eigenvalue weighted by atomic mass is 19.1. The molecule has 0 radical (unpaired) electrons. The van der Waals surface area contributed by atoms with Crippen LogP contribution in [0.5, 0.6) is 0 Å². The number of nitrogens with one attached hydrogen (secondary N) is 1. The maximum absolute atomic E-state index is 13.0. The zero-order valence-corrected chi connectivity index (χ0v) is 9.85. The van der Waals surface area contributed by atoms with Crippen molar-refractivity contribution in [3.8, 4) is 0 Å². The number of hydrogen-bond acceptors (Lipinski definition) is 1. The molecule has 1 atom stereocenters. The Balaban J connectivity index is 2.65. The van der Waals surface area contributed by atoms with E-state index in [1.807, 2.05) is 26.8 Å². The van der Waals surface area contributed by atoms with Crippen LogP contribution in [0.3, 0.4) is 0 Å². The van der Waals surface area contributed by atoms with Crippen LogP contribution in [0.1, 0.15) is 32.4 Å². The van der Waals surface area contributed by atoms with Crippen molar-refractivity contribution in [1.82, 2.24) is 5.32 Å². The third-order valence-electron chi connectivity index (χ3n) is 2.32. The summed E-state index contributed by atoms with van der Waals surface area (Å²) in [5.74, 6) is -1.07. The molecule has 1 nitrogen and oxygen atoms in total. The molecule has 0 aliphatic carbocycles. The van der Waals surface area contributed by atoms with Crippen molar-refractivity contribution in [3.63, 3.8) is 0 Å². The van der Waals surface area contributed by atoms with Gasteiger partial charge in [0.05, 0.1) is 0 Å². The van der Waals surface area contributed by atoms with E-state index in [1.54, 1.807) is 0 Å². The van der Waals surface area contributed by atoms with Crippen molar-refractivity contribution in [2.24, 2.45) is 0 Å². The standard InChI is InChI=1S/C13H17F2N/c1-9(2)4-5-16-10(3)11-6-12(14)8-13(15)7-11/h4,6-8,10,16H,5H2,1-3H3. The van der Waals surface area contributed by atoms with Crippen LogP contribution < -0.4 is 5.32 Å². The molecule has 88 valence electrons. The van der Waals surface area contributed by atoms with E-state index in [1.165, 1.54) is 17.7 Å². The van der Waals surface area contributed by atoms with E-state index in [0.29, 0.717) is 12.1 Å². The molecular formula is C13H17F2N. The van der Waals surface area contributed by atoms with Gasteiger partial charge < -0.3 is 5.32 Å². The van der Waals surface area contributed by atoms with Crippen LogP contribution in [0.4, 0.5) is 8.78 Å². The monoisotopic (exact) mass is 225 g/mol. The van der Waals surface area contributed by atoms with Crippen LogP contribution in [0.2, 0.25) is 0 Å². The fraction of sp³-hybridized carbons (Fsp3) is 0.385. The summed E-state index contributed by atoms with van der Waals surface area (Å²) in [6.45, 7) is 6.59. The Labute approximate surface area is 95.2 Å². The molecule has 1 rings (SSSR count). The van der Waals surface area contributed by atoms with Crippen LogP contribution in [-0.2, 0) is 0 Å². The molecule has 0 amide bonds. The van der Waals surface area contributed by atoms with Gasteiger partial charge in [-0.1, -0.05) is 11.6 Å². The largest absolute Gasteiger partial charge is 0.307 e. The first-order valence-corrected chi connectivity index (χ1v) is 5.32. The van der Waals surface area contributed by atoms with Gasteiger partial charge in [0.25, 0.3) is 0 Å². The lowest BCUT2D eigenvalue weighted by atomic mass is 10.1. The normalized spacial score (nSPS) is 12.3. The molecule has 1 N–H and O–H groups in total. The second kappa shape index (κ2) is 5.75. The van der Waals surface area contributed by atoms with Crippen LogP contribution in [-0.4, -0.2) is 6.54 Å². The second-order valence-corrected chi connectivity index (χ2v) is 4.11. The Morgan fingerprint density at radius 1 is 1.25 bits per heavy atom. The zero-order valence-electron chi connectivity index (χ0n) is 9.85. The number of benzene rings is 1. The molecule has 0 aromatic heterocycles. The molecule has 16 heavy (non-hydrogen) atoms. The summed E-state index contributed by atoms with van der Waals surface area (Å²) in [7, 11) is 0. The average molecular weight is 225 g/mol. The van der Waals surface area contributed by atoms with Gasteiger partial charge >= 0.3 is 0 Å². The third-order valence-corrected chi connectivity index (χ3v) is 2.32. The van der Waals surface area contributed by atoms with E-state index >= 15 is 0 Å². The minimum Gasteiger partial charge on any atom is -0.307 e. The van der Waals surface area contributed by atoms with E-state index < -0.39 is 11.6 Å². The summed E-state index contributed by atoms with van der Waals surface area (Å²) < 4.78 is 25.9. The summed E-state index contributed by atoms with van der Waals surface area (Å²) in [6.07, 6.45) is 2.03. The molecule has 1 unspecified atom stereocenters. The lowest BCUT2D eigenvalue weighted by Crippen LogP contribution is -2.19. The van der Waals surface area contributed by atoms with E-state index in [2.05, 4.69) is 5.32 Å². The molecule has 0 spiro atoms. The van der Waals surface area contributed by atoms with Gasteiger partial charge in [0, 0.05) is 18.7 Å². The molecule has 0 bridgehead atoms. The Morgan fingerprint density at radius 3 is 2.31 bits per heavy atom. The summed E-state index contributed by atoms with van der Waals surface area (Å²) in [5.41, 5.74) is 1.84. The highest BCUT2D eigenvalue weighted by molar-refractivity contribution is 5.21. The third kappa shape index (κ3) is 4.11. The molecule has 0 aliphatic heterocycles. The summed E-state index contributed by atoms with van der Waals surface area (Å²) >= 11 is 0. The highest BCUT2D eigenvalue weighted by Gasteiger charge is 2.07. The predicted molar refractivity (Wildman–Crippen MR) is 62.2 cm³/mol. The van der Waals surface area contributed by atoms with Crippen LogP contribution in [0.25, 0.3) is 0 Å². The molecule has 0 fully saturated rings. The number of halogens is 2. The lowest BCUT2D eigenvalue weighted by Gasteiger charge is -2.13. The Kier molecular flexibility index (Phi) is 4.62. The van der Waals surface area contributed by atoms with Gasteiger partial charge in [-0.15, -0.1) is 0 Å². The summed E-state index contributed by atoms with van der Waals surface area (Å²) in [5, 5.41) is 3.17. The van der Waals surface area contributed by atoms with Gasteiger partial charge in [-0.3, -0.25) is 0 Å². The topological polar surface area (TPSA) is 12.0 Å². The van der Waals surface area contributed by atoms with Crippen molar-refractivity contribution in [1.29, 1.82) is 0 Å². The van der Waals surface area contributed by atoms with E-state index in [9.17, 15) is 8.78 Å². The van der Waals surface area contributed by atoms with E-state index in [0.717, 1.165) is 6.07 Å². The molecule has 1 aromatic carbocycles. The summed E-state index contributed by atoms with van der Waals surface area (Å²) in [4.78, 5) is 0. The SMILES string of the molecule is CC(C)=CCNC(C)c1cc(F)cc(F)c1. The van der Waals surface area contributed by atoms with Gasteiger partial charge in [-0.05, 0) is 38.5 Å². The predicted octanol–water partition coefficient (Wildman–Crippen LogP) is 3.58. The number of rotatable bonds is 4. The molecule has 0 aliphatic rings. The Hall–Kier alpha value is -1.22. The minimum atomic E-state index is -0.536. The van der Waals surface area contributed by atoms with Crippen LogP contribution >= 0.6 is 0 Å². The molecule has 0 heterocycles. The van der Waals surface area contributed by atoms with Crippen molar-refractivity contribution >= 4 is 0 Å². The number of hydrogen-bond donors (Lipinski definition) is 1. The second-order valence-electron chi connectivity index (χ2n) is 4.11. The summed E-state index contributed by atoms with van der Waals surface area (Å²) in [6, 6.07) is 3.51. The van der Waals surface area contributed by atoms with E-state index in [-0.39, 0.29) is 6.04 Å². The molecular weight excluding hydrogens is 208 g/mol. The van der Waals surface area contributed by atoms with Crippen molar-refractivity contribution in [2.75, 3.05) is 6.54 Å². The van der Waals surface area contributed by atoms with Crippen LogP contribution in [0.15, 0.2) is 29.8 Å². The van der Waals surface area contributed by atoms with Gasteiger partial charge in [0.15, 0.2) is 0 Å². The van der Waals surface area contributed by atoms with Gasteiger partial charge in [-0.25, -0.2) is 8.78 Å². The molecule has 1 aromatic rings. The fourth-order valence-electron chi connectivity index (χ4n) is 1.38. The fourth-order valence-corrected chi connectivity index (χ4v) is 1.38. The maximum Gasteiger partial charge on any atom is 0.126 e. The smallest absolute Gasteiger partial charge is 0.126 e. The lowest BCUT2D eigenvalue weighted by molar-refractivity contribution is 0.560. The minimum absolute atomic E-state index is 0.0687. The van der Waals surface area contributed by atoms with Gasteiger partial charge in [0.2, 0.25) is 0 Å². The molecule has 0 saturated heterocycles. The zero-order chi connectivity index (χ0) is 12.1. The quantitative estimate of drug-likeness (QED) is 0.772. The number of allylic oxidation sites excluding steroid dienone is 1. The first-order chi connectivity index (χ1) is 7.49. The van der Waals surface area contributed by atoms with Crippen molar-refractivity contribution in [2.45, 2.75) is 26.8 Å². The van der Waals surface area contributed by atoms with E-state index in [4.69, 9.17) is 0 Å². The highest BCUT2D eigenvalue weighted by Crippen LogP contribution is 2.15. The molecule has 3 heteroatoms. The first-order valence-electron chi connectivity index (χ1n) is 5.32. The average Bonchev–Trinajstić information content (AvgIpc) is 2.15. The van der Waals surface area contributed by atoms with Gasteiger partial charge in [-0.2, -0.15) is 0 Å². The Bertz CT molecular complexity index is 361. The van der Waals surface area contributed by atoms with Gasteiger partial charge in [0.1, 0.15) is 11.6 Å². The van der Waals surface area contributed by atoms with Crippen LogP contribution in [0, 0.1) is 11.6 Å². The first kappa shape index (κ1) is 12.8. The van der Waals surface area contributed by atoms with Crippen molar-refractivity contribution < 1.29 is 8.78 Å². The van der Waals surface area contributed by atoms with Crippen molar-refractivity contribution in [3.05, 3.63) is 47.0 Å². The molecule has 0 saturated carbocycles.